The molecule has 9 nitrogen and oxygen atoms in total. The smallest absolute Gasteiger partial charge is 0.462 e. The molecule has 2 atom stereocenters. The van der Waals surface area contributed by atoms with Crippen LogP contribution in [0.3, 0.4) is 0 Å². The van der Waals surface area contributed by atoms with Crippen molar-refractivity contribution in [1.82, 2.24) is 0 Å². The van der Waals surface area contributed by atoms with Crippen molar-refractivity contribution in [3.63, 3.8) is 0 Å². The number of hydrogen-bond donors (Lipinski definition) is 2. The van der Waals surface area contributed by atoms with E-state index >= 15 is 0 Å². The van der Waals surface area contributed by atoms with Gasteiger partial charge in [-0.2, -0.15) is 0 Å². The first-order valence-electron chi connectivity index (χ1n) is 35.1. The number of hydrogen-bond acceptors (Lipinski definition) is 8. The zero-order chi connectivity index (χ0) is 60.1. The molecule has 482 valence electrons. The highest BCUT2D eigenvalue weighted by Crippen LogP contribution is 2.43. The molecule has 0 rings (SSSR count). The number of phosphoric ester groups is 1. The molecule has 3 N–H and O–H groups in total. The molecule has 0 bridgehead atoms. The molecular formula is C73H132NO8P. The molecule has 0 aromatic heterocycles. The van der Waals surface area contributed by atoms with Crippen molar-refractivity contribution in [2.45, 2.75) is 341 Å². The molecular weight excluding hydrogens is 1050 g/mol. The molecule has 2 unspecified atom stereocenters. The zero-order valence-corrected chi connectivity index (χ0v) is 55.1. The lowest BCUT2D eigenvalue weighted by molar-refractivity contribution is -0.161. The van der Waals surface area contributed by atoms with Crippen LogP contribution in [0.15, 0.2) is 85.1 Å². The molecule has 0 radical (unpaired) electrons. The number of unbranched alkanes of at least 4 members (excludes halogenated alkanes) is 39. The van der Waals surface area contributed by atoms with E-state index in [2.05, 4.69) is 98.9 Å². The Balaban J connectivity index is 3.83. The Bertz CT molecular complexity index is 1640. The summed E-state index contributed by atoms with van der Waals surface area (Å²) >= 11 is 0. The minimum Gasteiger partial charge on any atom is -0.462 e. The lowest BCUT2D eigenvalue weighted by atomic mass is 10.0. The molecule has 83 heavy (non-hydrogen) atoms. The van der Waals surface area contributed by atoms with Gasteiger partial charge in [0.1, 0.15) is 6.61 Å². The maximum absolute atomic E-state index is 12.8. The lowest BCUT2D eigenvalue weighted by Crippen LogP contribution is -2.29. The topological polar surface area (TPSA) is 134 Å². The molecule has 0 fully saturated rings. The summed E-state index contributed by atoms with van der Waals surface area (Å²) in [5.74, 6) is -0.819. The van der Waals surface area contributed by atoms with Crippen LogP contribution in [0.2, 0.25) is 0 Å². The van der Waals surface area contributed by atoms with Gasteiger partial charge >= 0.3 is 19.8 Å². The molecule has 0 amide bonds. The number of phosphoric acid groups is 1. The summed E-state index contributed by atoms with van der Waals surface area (Å²) in [6.07, 6.45) is 91.1. The van der Waals surface area contributed by atoms with E-state index in [0.29, 0.717) is 6.42 Å². The van der Waals surface area contributed by atoms with E-state index < -0.39 is 26.5 Å². The predicted octanol–water partition coefficient (Wildman–Crippen LogP) is 23.0. The fraction of sp³-hybridized carbons (Fsp3) is 0.781. The van der Waals surface area contributed by atoms with Crippen LogP contribution in [0.4, 0.5) is 0 Å². The van der Waals surface area contributed by atoms with E-state index in [1.54, 1.807) is 0 Å². The molecule has 0 heterocycles. The van der Waals surface area contributed by atoms with Crippen LogP contribution >= 0.6 is 7.82 Å². The van der Waals surface area contributed by atoms with E-state index in [4.69, 9.17) is 24.3 Å². The summed E-state index contributed by atoms with van der Waals surface area (Å²) in [7, 11) is -4.40. The number of esters is 2. The third kappa shape index (κ3) is 68.2. The highest BCUT2D eigenvalue weighted by molar-refractivity contribution is 7.47. The van der Waals surface area contributed by atoms with E-state index in [1.807, 2.05) is 0 Å². The van der Waals surface area contributed by atoms with Gasteiger partial charge in [0.05, 0.1) is 13.2 Å². The maximum Gasteiger partial charge on any atom is 0.472 e. The largest absolute Gasteiger partial charge is 0.472 e. The van der Waals surface area contributed by atoms with Gasteiger partial charge in [-0.05, 0) is 89.9 Å². The van der Waals surface area contributed by atoms with E-state index in [-0.39, 0.29) is 38.6 Å². The summed E-state index contributed by atoms with van der Waals surface area (Å²) in [5.41, 5.74) is 5.40. The SMILES string of the molecule is CC/C=C\C/C=C\C/C=C\C/C=C\CCCCCCCCCCCCCCCCCCCCCCCCCCC(=O)OC(COC(=O)CCCCCCCCCCCC/C=C\C/C=C\C/C=C\CCCCCCC)COP(=O)(O)OCCN. The number of carbonyl (C=O) groups is 2. The van der Waals surface area contributed by atoms with Crippen LogP contribution in [0.5, 0.6) is 0 Å². The van der Waals surface area contributed by atoms with Gasteiger partial charge in [-0.1, -0.05) is 317 Å². The van der Waals surface area contributed by atoms with Gasteiger partial charge in [0.2, 0.25) is 0 Å². The fourth-order valence-corrected chi connectivity index (χ4v) is 10.9. The Morgan fingerprint density at radius 3 is 0.988 bits per heavy atom. The van der Waals surface area contributed by atoms with Crippen LogP contribution in [-0.2, 0) is 32.7 Å². The maximum atomic E-state index is 12.8. The molecule has 0 aliphatic carbocycles. The Hall–Kier alpha value is -2.81. The van der Waals surface area contributed by atoms with Gasteiger partial charge in [0.15, 0.2) is 6.10 Å². The lowest BCUT2D eigenvalue weighted by Gasteiger charge is -2.19. The molecule has 0 aromatic carbocycles. The Morgan fingerprint density at radius 1 is 0.373 bits per heavy atom. The van der Waals surface area contributed by atoms with Crippen LogP contribution in [-0.4, -0.2) is 49.3 Å². The van der Waals surface area contributed by atoms with Gasteiger partial charge in [0, 0.05) is 19.4 Å². The van der Waals surface area contributed by atoms with Gasteiger partial charge in [-0.3, -0.25) is 18.6 Å². The second-order valence-corrected chi connectivity index (χ2v) is 24.8. The fourth-order valence-electron chi connectivity index (χ4n) is 10.1. The Morgan fingerprint density at radius 2 is 0.663 bits per heavy atom. The second-order valence-electron chi connectivity index (χ2n) is 23.4. The number of rotatable bonds is 66. The predicted molar refractivity (Wildman–Crippen MR) is 358 cm³/mol. The average molecular weight is 1180 g/mol. The van der Waals surface area contributed by atoms with Crippen LogP contribution < -0.4 is 5.73 Å². The molecule has 0 aliphatic heterocycles. The van der Waals surface area contributed by atoms with Crippen LogP contribution in [0, 0.1) is 0 Å². The first-order chi connectivity index (χ1) is 40.8. The van der Waals surface area contributed by atoms with E-state index in [1.165, 1.54) is 231 Å². The summed E-state index contributed by atoms with van der Waals surface area (Å²) in [6, 6.07) is 0. The number of carbonyl (C=O) groups excluding carboxylic acids is 2. The van der Waals surface area contributed by atoms with Crippen LogP contribution in [0.25, 0.3) is 0 Å². The highest BCUT2D eigenvalue weighted by atomic mass is 31.2. The minimum atomic E-state index is -4.40. The first kappa shape index (κ1) is 80.2. The number of ether oxygens (including phenoxy) is 2. The monoisotopic (exact) mass is 1180 g/mol. The standard InChI is InChI=1S/C73H132NO8P/c1-3-5-7-9-11-13-15-17-19-21-23-25-27-29-30-31-32-33-34-35-36-37-38-39-40-42-44-46-48-50-52-54-56-58-60-62-64-66-73(76)82-71(70-81-83(77,78)80-68-67-74)69-79-72(75)65-63-61-59-57-55-53-51-49-47-45-43-41-28-26-24-22-20-18-16-14-12-10-8-6-4-2/h5,7,11,13,16-19,22-25,28,41,71H,3-4,6,8-10,12,14-15,20-21,26-27,29-40,42-70,74H2,1-2H3,(H,77,78)/b7-5-,13-11-,18-16-,19-17-,24-22-,25-23-,41-28-. The van der Waals surface area contributed by atoms with E-state index in [9.17, 15) is 19.0 Å². The third-order valence-electron chi connectivity index (χ3n) is 15.3. The van der Waals surface area contributed by atoms with Gasteiger partial charge in [-0.15, -0.1) is 0 Å². The molecule has 10 heteroatoms. The normalized spacial score (nSPS) is 13.4. The average Bonchev–Trinajstić information content (AvgIpc) is 3.49. The molecule has 0 aliphatic rings. The zero-order valence-electron chi connectivity index (χ0n) is 54.2. The summed E-state index contributed by atoms with van der Waals surface area (Å²) < 4.78 is 33.2. The third-order valence-corrected chi connectivity index (χ3v) is 16.2. The molecule has 0 saturated heterocycles. The first-order valence-corrected chi connectivity index (χ1v) is 36.6. The van der Waals surface area contributed by atoms with Crippen molar-refractivity contribution in [1.29, 1.82) is 0 Å². The quantitative estimate of drug-likeness (QED) is 0.0264. The summed E-state index contributed by atoms with van der Waals surface area (Å²) in [6.45, 7) is 3.66. The summed E-state index contributed by atoms with van der Waals surface area (Å²) in [5, 5.41) is 0. The Labute approximate surface area is 513 Å². The van der Waals surface area contributed by atoms with Crippen molar-refractivity contribution in [3.8, 4) is 0 Å². The number of allylic oxidation sites excluding steroid dienone is 14. The highest BCUT2D eigenvalue weighted by Gasteiger charge is 2.26. The van der Waals surface area contributed by atoms with Crippen LogP contribution in [0.1, 0.15) is 335 Å². The van der Waals surface area contributed by atoms with E-state index in [0.717, 1.165) is 70.6 Å². The van der Waals surface area contributed by atoms with Crippen molar-refractivity contribution in [2.75, 3.05) is 26.4 Å². The summed E-state index contributed by atoms with van der Waals surface area (Å²) in [4.78, 5) is 35.3. The molecule has 0 saturated carbocycles. The molecule has 0 spiro atoms. The van der Waals surface area contributed by atoms with Crippen molar-refractivity contribution >= 4 is 19.8 Å². The van der Waals surface area contributed by atoms with Crippen molar-refractivity contribution < 1.29 is 37.6 Å². The number of nitrogens with two attached hydrogens (primary N) is 1. The van der Waals surface area contributed by atoms with Crippen molar-refractivity contribution in [3.05, 3.63) is 85.1 Å². The molecule has 0 aromatic rings. The van der Waals surface area contributed by atoms with Gasteiger partial charge < -0.3 is 20.1 Å². The minimum absolute atomic E-state index is 0.0521. The van der Waals surface area contributed by atoms with Gasteiger partial charge in [0.25, 0.3) is 0 Å². The Kier molecular flexibility index (Phi) is 66.0. The van der Waals surface area contributed by atoms with Crippen molar-refractivity contribution in [2.24, 2.45) is 5.73 Å². The second kappa shape index (κ2) is 68.3. The van der Waals surface area contributed by atoms with Gasteiger partial charge in [-0.25, -0.2) is 4.57 Å².